The predicted octanol–water partition coefficient (Wildman–Crippen LogP) is 3.23. The second-order valence-electron chi connectivity index (χ2n) is 4.26. The molecule has 0 saturated heterocycles. The van der Waals surface area contributed by atoms with Crippen molar-refractivity contribution in [2.75, 3.05) is 5.73 Å². The molecule has 0 radical (unpaired) electrons. The summed E-state index contributed by atoms with van der Waals surface area (Å²) in [5, 5.41) is 3.35. The first-order valence-electron chi connectivity index (χ1n) is 5.90. The minimum atomic E-state index is -0.161. The lowest BCUT2D eigenvalue weighted by Gasteiger charge is -2.14. The zero-order valence-electron chi connectivity index (χ0n) is 10.3. The van der Waals surface area contributed by atoms with E-state index in [1.165, 1.54) is 0 Å². The normalized spacial score (nSPS) is 12.2. The van der Waals surface area contributed by atoms with Gasteiger partial charge in [0.05, 0.1) is 10.6 Å². The maximum Gasteiger partial charge on any atom is 0.253 e. The number of hydrogen-bond donors (Lipinski definition) is 2. The molecule has 0 aliphatic heterocycles. The largest absolute Gasteiger partial charge is 0.399 e. The van der Waals surface area contributed by atoms with E-state index in [0.29, 0.717) is 16.3 Å². The highest BCUT2D eigenvalue weighted by atomic mass is 35.5. The SMILES string of the molecule is CCCCC(C)NC(=O)c1cc(N)ccc1Cl. The van der Waals surface area contributed by atoms with Crippen LogP contribution >= 0.6 is 11.6 Å². The molecule has 3 N–H and O–H groups in total. The van der Waals surface area contributed by atoms with E-state index in [2.05, 4.69) is 12.2 Å². The molecule has 0 aromatic heterocycles. The van der Waals surface area contributed by atoms with Crippen molar-refractivity contribution in [1.82, 2.24) is 5.32 Å². The molecule has 3 nitrogen and oxygen atoms in total. The summed E-state index contributed by atoms with van der Waals surface area (Å²) in [6.45, 7) is 4.12. The number of benzene rings is 1. The molecule has 1 atom stereocenters. The Morgan fingerprint density at radius 2 is 2.24 bits per heavy atom. The summed E-state index contributed by atoms with van der Waals surface area (Å²) in [7, 11) is 0. The smallest absolute Gasteiger partial charge is 0.253 e. The lowest BCUT2D eigenvalue weighted by molar-refractivity contribution is 0.0938. The van der Waals surface area contributed by atoms with Crippen LogP contribution in [0.4, 0.5) is 5.69 Å². The van der Waals surface area contributed by atoms with Crippen molar-refractivity contribution >= 4 is 23.2 Å². The fourth-order valence-corrected chi connectivity index (χ4v) is 1.80. The third-order valence-electron chi connectivity index (χ3n) is 2.60. The number of rotatable bonds is 5. The van der Waals surface area contributed by atoms with Crippen LogP contribution in [0, 0.1) is 0 Å². The van der Waals surface area contributed by atoms with E-state index >= 15 is 0 Å². The number of unbranched alkanes of at least 4 members (excludes halogenated alkanes) is 1. The van der Waals surface area contributed by atoms with E-state index in [1.807, 2.05) is 6.92 Å². The lowest BCUT2D eigenvalue weighted by atomic mass is 10.1. The van der Waals surface area contributed by atoms with Gasteiger partial charge in [-0.2, -0.15) is 0 Å². The fraction of sp³-hybridized carbons (Fsp3) is 0.462. The van der Waals surface area contributed by atoms with Gasteiger partial charge in [-0.15, -0.1) is 0 Å². The van der Waals surface area contributed by atoms with Crippen molar-refractivity contribution in [3.8, 4) is 0 Å². The van der Waals surface area contributed by atoms with Gasteiger partial charge < -0.3 is 11.1 Å². The van der Waals surface area contributed by atoms with Crippen molar-refractivity contribution in [3.63, 3.8) is 0 Å². The molecule has 1 unspecified atom stereocenters. The van der Waals surface area contributed by atoms with E-state index in [4.69, 9.17) is 17.3 Å². The number of amides is 1. The second kappa shape index (κ2) is 6.50. The van der Waals surface area contributed by atoms with Crippen LogP contribution < -0.4 is 11.1 Å². The molecular weight excluding hydrogens is 236 g/mol. The third-order valence-corrected chi connectivity index (χ3v) is 2.93. The van der Waals surface area contributed by atoms with Crippen LogP contribution in [0.3, 0.4) is 0 Å². The number of nitrogens with one attached hydrogen (secondary N) is 1. The minimum absolute atomic E-state index is 0.153. The van der Waals surface area contributed by atoms with Crippen LogP contribution in [0.15, 0.2) is 18.2 Å². The average molecular weight is 255 g/mol. The molecule has 0 aliphatic rings. The Morgan fingerprint density at radius 1 is 1.53 bits per heavy atom. The minimum Gasteiger partial charge on any atom is -0.399 e. The molecular formula is C13H19ClN2O. The Labute approximate surface area is 107 Å². The first kappa shape index (κ1) is 13.8. The molecule has 0 bridgehead atoms. The third kappa shape index (κ3) is 4.27. The number of carbonyl (C=O) groups excluding carboxylic acids is 1. The summed E-state index contributed by atoms with van der Waals surface area (Å²) in [5.41, 5.74) is 6.62. The highest BCUT2D eigenvalue weighted by Gasteiger charge is 2.13. The van der Waals surface area contributed by atoms with Crippen molar-refractivity contribution in [1.29, 1.82) is 0 Å². The van der Waals surface area contributed by atoms with Crippen LogP contribution in [0.1, 0.15) is 43.5 Å². The lowest BCUT2D eigenvalue weighted by Crippen LogP contribution is -2.32. The van der Waals surface area contributed by atoms with Crippen molar-refractivity contribution < 1.29 is 4.79 Å². The van der Waals surface area contributed by atoms with Gasteiger partial charge in [-0.05, 0) is 31.5 Å². The van der Waals surface area contributed by atoms with Gasteiger partial charge in [0.25, 0.3) is 5.91 Å². The highest BCUT2D eigenvalue weighted by Crippen LogP contribution is 2.19. The van der Waals surface area contributed by atoms with Gasteiger partial charge in [0.15, 0.2) is 0 Å². The van der Waals surface area contributed by atoms with E-state index in [1.54, 1.807) is 18.2 Å². The van der Waals surface area contributed by atoms with Gasteiger partial charge in [0, 0.05) is 11.7 Å². The summed E-state index contributed by atoms with van der Waals surface area (Å²) < 4.78 is 0. The number of halogens is 1. The van der Waals surface area contributed by atoms with Crippen LogP contribution in [-0.2, 0) is 0 Å². The maximum absolute atomic E-state index is 11.9. The molecule has 1 amide bonds. The number of nitrogen functional groups attached to an aromatic ring is 1. The maximum atomic E-state index is 11.9. The highest BCUT2D eigenvalue weighted by molar-refractivity contribution is 6.34. The van der Waals surface area contributed by atoms with Crippen LogP contribution in [-0.4, -0.2) is 11.9 Å². The molecule has 1 rings (SSSR count). The quantitative estimate of drug-likeness (QED) is 0.793. The Bertz CT molecular complexity index is 393. The Morgan fingerprint density at radius 3 is 2.88 bits per heavy atom. The van der Waals surface area contributed by atoms with Crippen LogP contribution in [0.5, 0.6) is 0 Å². The molecule has 1 aromatic rings. The predicted molar refractivity (Wildman–Crippen MR) is 72.3 cm³/mol. The fourth-order valence-electron chi connectivity index (χ4n) is 1.60. The number of hydrogen-bond acceptors (Lipinski definition) is 2. The topological polar surface area (TPSA) is 55.1 Å². The van der Waals surface area contributed by atoms with Gasteiger partial charge in [0.2, 0.25) is 0 Å². The molecule has 94 valence electrons. The van der Waals surface area contributed by atoms with Gasteiger partial charge >= 0.3 is 0 Å². The molecule has 1 aromatic carbocycles. The number of nitrogens with two attached hydrogens (primary N) is 1. The van der Waals surface area contributed by atoms with Crippen LogP contribution in [0.25, 0.3) is 0 Å². The summed E-state index contributed by atoms with van der Waals surface area (Å²) >= 11 is 5.96. The second-order valence-corrected chi connectivity index (χ2v) is 4.66. The average Bonchev–Trinajstić information content (AvgIpc) is 2.29. The van der Waals surface area contributed by atoms with E-state index in [0.717, 1.165) is 19.3 Å². The Hall–Kier alpha value is -1.22. The van der Waals surface area contributed by atoms with Crippen molar-refractivity contribution in [2.45, 2.75) is 39.2 Å². The summed E-state index contributed by atoms with van der Waals surface area (Å²) in [4.78, 5) is 11.9. The zero-order chi connectivity index (χ0) is 12.8. The molecule has 0 saturated carbocycles. The van der Waals surface area contributed by atoms with Gasteiger partial charge in [-0.1, -0.05) is 31.4 Å². The molecule has 17 heavy (non-hydrogen) atoms. The van der Waals surface area contributed by atoms with Crippen LogP contribution in [0.2, 0.25) is 5.02 Å². The van der Waals surface area contributed by atoms with E-state index in [-0.39, 0.29) is 11.9 Å². The Balaban J connectivity index is 2.66. The monoisotopic (exact) mass is 254 g/mol. The molecule has 0 spiro atoms. The summed E-state index contributed by atoms with van der Waals surface area (Å²) in [6, 6.07) is 5.08. The molecule has 0 heterocycles. The van der Waals surface area contributed by atoms with Gasteiger partial charge in [-0.3, -0.25) is 4.79 Å². The molecule has 4 heteroatoms. The first-order valence-corrected chi connectivity index (χ1v) is 6.28. The van der Waals surface area contributed by atoms with E-state index < -0.39 is 0 Å². The molecule has 0 aliphatic carbocycles. The standard InChI is InChI=1S/C13H19ClN2O/c1-3-4-5-9(2)16-13(17)11-8-10(15)6-7-12(11)14/h6-9H,3-5,15H2,1-2H3,(H,16,17). The molecule has 0 fully saturated rings. The zero-order valence-corrected chi connectivity index (χ0v) is 11.1. The first-order chi connectivity index (χ1) is 8.04. The van der Waals surface area contributed by atoms with Gasteiger partial charge in [0.1, 0.15) is 0 Å². The van der Waals surface area contributed by atoms with Gasteiger partial charge in [-0.25, -0.2) is 0 Å². The Kier molecular flexibility index (Phi) is 5.29. The van der Waals surface area contributed by atoms with Crippen molar-refractivity contribution in [2.24, 2.45) is 0 Å². The van der Waals surface area contributed by atoms with E-state index in [9.17, 15) is 4.79 Å². The number of carbonyl (C=O) groups is 1. The summed E-state index contributed by atoms with van der Waals surface area (Å²) in [6.07, 6.45) is 3.20. The summed E-state index contributed by atoms with van der Waals surface area (Å²) in [5.74, 6) is -0.161. The number of anilines is 1. The van der Waals surface area contributed by atoms with Crippen molar-refractivity contribution in [3.05, 3.63) is 28.8 Å².